The van der Waals surface area contributed by atoms with Crippen molar-refractivity contribution < 1.29 is 8.42 Å². The van der Waals surface area contributed by atoms with E-state index in [1.54, 1.807) is 12.1 Å². The van der Waals surface area contributed by atoms with Gasteiger partial charge in [-0.25, -0.2) is 18.1 Å². The molecular formula is C13H22N4O2S. The molecule has 1 aliphatic heterocycles. The molecule has 1 fully saturated rings. The molecule has 0 spiro atoms. The highest BCUT2D eigenvalue weighted by atomic mass is 32.2. The number of anilines is 1. The van der Waals surface area contributed by atoms with Crippen LogP contribution in [0, 0.1) is 0 Å². The molecule has 0 bridgehead atoms. The quantitative estimate of drug-likeness (QED) is 0.858. The van der Waals surface area contributed by atoms with Crippen LogP contribution >= 0.6 is 0 Å². The number of piperazine rings is 1. The normalized spacial score (nSPS) is 17.4. The number of hydrogen-bond acceptors (Lipinski definition) is 5. The Labute approximate surface area is 120 Å². The molecule has 0 aliphatic carbocycles. The Morgan fingerprint density at radius 3 is 2.50 bits per heavy atom. The zero-order valence-electron chi connectivity index (χ0n) is 12.0. The van der Waals surface area contributed by atoms with Crippen molar-refractivity contribution in [1.82, 2.24) is 14.6 Å². The number of aromatic nitrogens is 1. The summed E-state index contributed by atoms with van der Waals surface area (Å²) in [5.74, 6) is 0.840. The largest absolute Gasteiger partial charge is 0.354 e. The number of rotatable bonds is 5. The summed E-state index contributed by atoms with van der Waals surface area (Å²) in [6, 6.07) is 3.41. The van der Waals surface area contributed by atoms with Gasteiger partial charge in [0.25, 0.3) is 0 Å². The first-order valence-corrected chi connectivity index (χ1v) is 8.40. The molecule has 6 nitrogen and oxygen atoms in total. The lowest BCUT2D eigenvalue weighted by Gasteiger charge is -2.33. The summed E-state index contributed by atoms with van der Waals surface area (Å²) in [5.41, 5.74) is 0. The molecule has 1 aromatic rings. The van der Waals surface area contributed by atoms with Gasteiger partial charge in [0, 0.05) is 38.9 Å². The summed E-state index contributed by atoms with van der Waals surface area (Å²) in [5, 5.41) is 0. The summed E-state index contributed by atoms with van der Waals surface area (Å²) < 4.78 is 26.4. The Morgan fingerprint density at radius 2 is 1.95 bits per heavy atom. The molecule has 7 heteroatoms. The zero-order valence-corrected chi connectivity index (χ0v) is 12.9. The summed E-state index contributed by atoms with van der Waals surface area (Å²) >= 11 is 0. The van der Waals surface area contributed by atoms with Gasteiger partial charge in [0.1, 0.15) is 10.7 Å². The maximum Gasteiger partial charge on any atom is 0.242 e. The standard InChI is InChI=1S/C13H22N4O2S/c1-3-6-15-20(18,19)12-4-5-13(14-11-12)17-9-7-16(2)8-10-17/h4-5,11,15H,3,6-10H2,1-2H3. The van der Waals surface area contributed by atoms with Crippen LogP contribution in [-0.2, 0) is 10.0 Å². The van der Waals surface area contributed by atoms with Gasteiger partial charge in [-0.1, -0.05) is 6.92 Å². The van der Waals surface area contributed by atoms with Crippen molar-refractivity contribution in [1.29, 1.82) is 0 Å². The van der Waals surface area contributed by atoms with Gasteiger partial charge in [-0.15, -0.1) is 0 Å². The summed E-state index contributed by atoms with van der Waals surface area (Å²) in [6.07, 6.45) is 2.21. The van der Waals surface area contributed by atoms with Gasteiger partial charge in [0.05, 0.1) is 0 Å². The van der Waals surface area contributed by atoms with Crippen molar-refractivity contribution in [2.45, 2.75) is 18.2 Å². The SMILES string of the molecule is CCCNS(=O)(=O)c1ccc(N2CCN(C)CC2)nc1. The molecule has 20 heavy (non-hydrogen) atoms. The molecule has 0 saturated carbocycles. The first kappa shape index (κ1) is 15.2. The molecule has 1 aromatic heterocycles. The number of nitrogens with one attached hydrogen (secondary N) is 1. The molecule has 1 saturated heterocycles. The smallest absolute Gasteiger partial charge is 0.242 e. The van der Waals surface area contributed by atoms with E-state index in [-0.39, 0.29) is 4.90 Å². The predicted octanol–water partition coefficient (Wildman–Crippen LogP) is 0.522. The maximum absolute atomic E-state index is 12.0. The summed E-state index contributed by atoms with van der Waals surface area (Å²) in [7, 11) is -1.32. The number of hydrogen-bond donors (Lipinski definition) is 1. The highest BCUT2D eigenvalue weighted by Gasteiger charge is 2.17. The lowest BCUT2D eigenvalue weighted by molar-refractivity contribution is 0.312. The van der Waals surface area contributed by atoms with Gasteiger partial charge >= 0.3 is 0 Å². The van der Waals surface area contributed by atoms with E-state index in [1.165, 1.54) is 6.20 Å². The summed E-state index contributed by atoms with van der Waals surface area (Å²) in [6.45, 7) is 6.22. The van der Waals surface area contributed by atoms with Gasteiger partial charge in [0.15, 0.2) is 0 Å². The molecule has 0 radical (unpaired) electrons. The second-order valence-corrected chi connectivity index (χ2v) is 6.81. The minimum absolute atomic E-state index is 0.226. The first-order valence-electron chi connectivity index (χ1n) is 6.92. The molecule has 2 heterocycles. The van der Waals surface area contributed by atoms with Crippen molar-refractivity contribution in [3.8, 4) is 0 Å². The van der Waals surface area contributed by atoms with E-state index in [9.17, 15) is 8.42 Å². The van der Waals surface area contributed by atoms with Crippen LogP contribution in [0.3, 0.4) is 0 Å². The Morgan fingerprint density at radius 1 is 1.25 bits per heavy atom. The first-order chi connectivity index (χ1) is 9.53. The fourth-order valence-corrected chi connectivity index (χ4v) is 3.15. The van der Waals surface area contributed by atoms with E-state index in [0.29, 0.717) is 6.54 Å². The third-order valence-electron chi connectivity index (χ3n) is 3.40. The molecule has 0 aromatic carbocycles. The van der Waals surface area contributed by atoms with Gasteiger partial charge in [0.2, 0.25) is 10.0 Å². The minimum atomic E-state index is -3.42. The topological polar surface area (TPSA) is 65.5 Å². The van der Waals surface area contributed by atoms with Crippen LogP contribution in [0.5, 0.6) is 0 Å². The van der Waals surface area contributed by atoms with Gasteiger partial charge in [-0.3, -0.25) is 0 Å². The third-order valence-corrected chi connectivity index (χ3v) is 4.85. The number of sulfonamides is 1. The van der Waals surface area contributed by atoms with Crippen molar-refractivity contribution in [2.75, 3.05) is 44.7 Å². The fraction of sp³-hybridized carbons (Fsp3) is 0.615. The Kier molecular flexibility index (Phi) is 4.95. The monoisotopic (exact) mass is 298 g/mol. The van der Waals surface area contributed by atoms with Crippen LogP contribution in [0.1, 0.15) is 13.3 Å². The van der Waals surface area contributed by atoms with Crippen molar-refractivity contribution >= 4 is 15.8 Å². The van der Waals surface area contributed by atoms with E-state index >= 15 is 0 Å². The second-order valence-electron chi connectivity index (χ2n) is 5.04. The molecule has 0 unspecified atom stereocenters. The minimum Gasteiger partial charge on any atom is -0.354 e. The second kappa shape index (κ2) is 6.51. The highest BCUT2D eigenvalue weighted by molar-refractivity contribution is 7.89. The van der Waals surface area contributed by atoms with Crippen LogP contribution in [0.2, 0.25) is 0 Å². The summed E-state index contributed by atoms with van der Waals surface area (Å²) in [4.78, 5) is 8.96. The molecule has 1 N–H and O–H groups in total. The van der Waals surface area contributed by atoms with Gasteiger partial charge in [-0.2, -0.15) is 0 Å². The number of likely N-dealkylation sites (N-methyl/N-ethyl adjacent to an activating group) is 1. The maximum atomic E-state index is 12.0. The molecular weight excluding hydrogens is 276 g/mol. The van der Waals surface area contributed by atoms with Crippen LogP contribution in [0.25, 0.3) is 0 Å². The number of pyridine rings is 1. The Hall–Kier alpha value is -1.18. The lowest BCUT2D eigenvalue weighted by Crippen LogP contribution is -2.44. The van der Waals surface area contributed by atoms with Crippen molar-refractivity contribution in [3.05, 3.63) is 18.3 Å². The Balaban J connectivity index is 2.06. The van der Waals surface area contributed by atoms with E-state index < -0.39 is 10.0 Å². The zero-order chi connectivity index (χ0) is 14.6. The van der Waals surface area contributed by atoms with E-state index in [0.717, 1.165) is 38.4 Å². The molecule has 0 atom stereocenters. The van der Waals surface area contributed by atoms with Crippen LogP contribution in [0.15, 0.2) is 23.2 Å². The highest BCUT2D eigenvalue weighted by Crippen LogP contribution is 2.15. The lowest BCUT2D eigenvalue weighted by atomic mass is 10.3. The van der Waals surface area contributed by atoms with Crippen LogP contribution < -0.4 is 9.62 Å². The van der Waals surface area contributed by atoms with Gasteiger partial charge in [-0.05, 0) is 25.6 Å². The average molecular weight is 298 g/mol. The van der Waals surface area contributed by atoms with E-state index in [1.807, 2.05) is 6.92 Å². The fourth-order valence-electron chi connectivity index (χ4n) is 2.07. The number of nitrogens with zero attached hydrogens (tertiary/aromatic N) is 3. The van der Waals surface area contributed by atoms with Gasteiger partial charge < -0.3 is 9.80 Å². The van der Waals surface area contributed by atoms with E-state index in [2.05, 4.69) is 26.6 Å². The average Bonchev–Trinajstić information content (AvgIpc) is 2.46. The third kappa shape index (κ3) is 3.68. The van der Waals surface area contributed by atoms with Crippen LogP contribution in [0.4, 0.5) is 5.82 Å². The van der Waals surface area contributed by atoms with E-state index in [4.69, 9.17) is 0 Å². The molecule has 1 aliphatic rings. The van der Waals surface area contributed by atoms with Crippen LogP contribution in [-0.4, -0.2) is 58.1 Å². The molecule has 112 valence electrons. The predicted molar refractivity (Wildman–Crippen MR) is 79.4 cm³/mol. The Bertz CT molecular complexity index is 522. The molecule has 0 amide bonds. The van der Waals surface area contributed by atoms with Crippen molar-refractivity contribution in [3.63, 3.8) is 0 Å². The van der Waals surface area contributed by atoms with Crippen molar-refractivity contribution in [2.24, 2.45) is 0 Å². The molecule has 2 rings (SSSR count).